The summed E-state index contributed by atoms with van der Waals surface area (Å²) in [7, 11) is 0. The van der Waals surface area contributed by atoms with Crippen LogP contribution in [0.2, 0.25) is 0 Å². The van der Waals surface area contributed by atoms with Gasteiger partial charge in [-0.3, -0.25) is 5.32 Å². The molecule has 0 saturated heterocycles. The number of carbonyl (C=O) groups is 1. The number of hydrogen-bond acceptors (Lipinski definition) is 7. The number of benzene rings is 1. The molecule has 9 heteroatoms. The maximum absolute atomic E-state index is 10.8. The highest BCUT2D eigenvalue weighted by molar-refractivity contribution is 7.22. The van der Waals surface area contributed by atoms with Gasteiger partial charge in [0, 0.05) is 18.3 Å². The largest absolute Gasteiger partial charge is 0.504 e. The van der Waals surface area contributed by atoms with Gasteiger partial charge in [0.15, 0.2) is 10.9 Å². The Bertz CT molecular complexity index is 1110. The first-order valence-electron chi connectivity index (χ1n) is 8.30. The maximum Gasteiger partial charge on any atom is 0.410 e. The normalized spacial score (nSPS) is 18.4. The third-order valence-corrected chi connectivity index (χ3v) is 5.59. The third kappa shape index (κ3) is 2.55. The number of aromatic nitrogens is 1. The third-order valence-electron chi connectivity index (χ3n) is 4.66. The number of aliphatic imine (C=N–C) groups is 1. The summed E-state index contributed by atoms with van der Waals surface area (Å²) in [5.74, 6) is 0.874. The van der Waals surface area contributed by atoms with Crippen LogP contribution in [0.15, 0.2) is 58.3 Å². The van der Waals surface area contributed by atoms with Crippen molar-refractivity contribution in [2.45, 2.75) is 6.42 Å². The van der Waals surface area contributed by atoms with Crippen LogP contribution >= 0.6 is 11.3 Å². The number of ether oxygens (including phenoxy) is 1. The summed E-state index contributed by atoms with van der Waals surface area (Å²) in [4.78, 5) is 21.8. The zero-order chi connectivity index (χ0) is 18.5. The van der Waals surface area contributed by atoms with Gasteiger partial charge in [-0.2, -0.15) is 0 Å². The van der Waals surface area contributed by atoms with Crippen molar-refractivity contribution in [3.05, 3.63) is 58.8 Å². The SMILES string of the molecule is O=C(O)Nc1nc2ccc(C3=NC=C4C(O)=COCC5=C4N3CC5)cc2s1. The van der Waals surface area contributed by atoms with Crippen molar-refractivity contribution < 1.29 is 19.7 Å². The van der Waals surface area contributed by atoms with Gasteiger partial charge in [-0.15, -0.1) is 0 Å². The van der Waals surface area contributed by atoms with Crippen LogP contribution in [0.3, 0.4) is 0 Å². The Balaban J connectivity index is 1.58. The first-order chi connectivity index (χ1) is 13.1. The molecule has 5 rings (SSSR count). The lowest BCUT2D eigenvalue weighted by Crippen LogP contribution is -2.31. The molecule has 3 N–H and O–H groups in total. The lowest BCUT2D eigenvalue weighted by atomic mass is 10.1. The molecule has 4 heterocycles. The number of anilines is 1. The zero-order valence-electron chi connectivity index (χ0n) is 14.0. The van der Waals surface area contributed by atoms with E-state index in [1.54, 1.807) is 6.20 Å². The van der Waals surface area contributed by atoms with Crippen LogP contribution < -0.4 is 5.32 Å². The van der Waals surface area contributed by atoms with E-state index in [0.29, 0.717) is 17.3 Å². The second-order valence-electron chi connectivity index (χ2n) is 6.30. The van der Waals surface area contributed by atoms with Gasteiger partial charge in [-0.1, -0.05) is 11.3 Å². The van der Waals surface area contributed by atoms with Crippen LogP contribution in [0.4, 0.5) is 9.93 Å². The van der Waals surface area contributed by atoms with Gasteiger partial charge in [0.05, 0.1) is 21.5 Å². The Hall–Kier alpha value is -3.33. The molecule has 3 aliphatic heterocycles. The molecule has 0 saturated carbocycles. The fourth-order valence-corrected chi connectivity index (χ4v) is 4.42. The number of carboxylic acid groups (broad SMARTS) is 1. The minimum atomic E-state index is -1.14. The number of aliphatic hydroxyl groups excluding tert-OH is 1. The summed E-state index contributed by atoms with van der Waals surface area (Å²) in [5.41, 5.74) is 4.41. The van der Waals surface area contributed by atoms with Crippen LogP contribution in [0.1, 0.15) is 12.0 Å². The molecular weight excluding hydrogens is 368 g/mol. The highest BCUT2D eigenvalue weighted by Gasteiger charge is 2.34. The van der Waals surface area contributed by atoms with Gasteiger partial charge in [0.2, 0.25) is 0 Å². The summed E-state index contributed by atoms with van der Waals surface area (Å²) in [5, 5.41) is 21.7. The van der Waals surface area contributed by atoms with Crippen LogP contribution in [0.5, 0.6) is 0 Å². The van der Waals surface area contributed by atoms with Gasteiger partial charge in [-0.25, -0.2) is 14.8 Å². The molecule has 0 unspecified atom stereocenters. The maximum atomic E-state index is 10.8. The second kappa shape index (κ2) is 5.85. The number of amides is 1. The summed E-state index contributed by atoms with van der Waals surface area (Å²) in [6, 6.07) is 5.74. The highest BCUT2D eigenvalue weighted by atomic mass is 32.1. The number of rotatable bonds is 2. The van der Waals surface area contributed by atoms with Gasteiger partial charge in [-0.05, 0) is 30.2 Å². The van der Waals surface area contributed by atoms with E-state index in [4.69, 9.17) is 9.84 Å². The molecule has 0 radical (unpaired) electrons. The van der Waals surface area contributed by atoms with Crippen molar-refractivity contribution in [1.82, 2.24) is 9.88 Å². The zero-order valence-corrected chi connectivity index (χ0v) is 14.8. The number of aliphatic hydroxyl groups is 1. The van der Waals surface area contributed by atoms with Gasteiger partial charge < -0.3 is 19.8 Å². The molecule has 2 aromatic rings. The monoisotopic (exact) mass is 382 g/mol. The predicted octanol–water partition coefficient (Wildman–Crippen LogP) is 3.42. The Morgan fingerprint density at radius 2 is 2.26 bits per heavy atom. The molecule has 136 valence electrons. The van der Waals surface area contributed by atoms with Crippen LogP contribution in [0.25, 0.3) is 10.2 Å². The Morgan fingerprint density at radius 3 is 3.11 bits per heavy atom. The molecule has 0 spiro atoms. The van der Waals surface area contributed by atoms with E-state index < -0.39 is 6.09 Å². The second-order valence-corrected chi connectivity index (χ2v) is 7.33. The average Bonchev–Trinajstić information content (AvgIpc) is 3.19. The number of nitrogens with one attached hydrogen (secondary N) is 1. The Morgan fingerprint density at radius 1 is 1.37 bits per heavy atom. The smallest absolute Gasteiger partial charge is 0.410 e. The molecule has 0 atom stereocenters. The molecule has 1 amide bonds. The van der Waals surface area contributed by atoms with Crippen LogP contribution in [0, 0.1) is 0 Å². The molecule has 8 nitrogen and oxygen atoms in total. The topological polar surface area (TPSA) is 107 Å². The summed E-state index contributed by atoms with van der Waals surface area (Å²) in [6.07, 6.45) is 2.75. The van der Waals surface area contributed by atoms with E-state index in [1.165, 1.54) is 17.6 Å². The molecule has 1 aromatic carbocycles. The Kier molecular flexibility index (Phi) is 3.44. The lowest BCUT2D eigenvalue weighted by molar-refractivity contribution is 0.209. The van der Waals surface area contributed by atoms with E-state index in [9.17, 15) is 9.90 Å². The molecular formula is C18H14N4O4S. The molecule has 0 aliphatic carbocycles. The molecule has 27 heavy (non-hydrogen) atoms. The van der Waals surface area contributed by atoms with Crippen molar-refractivity contribution in [1.29, 1.82) is 0 Å². The van der Waals surface area contributed by atoms with Crippen molar-refractivity contribution in [2.75, 3.05) is 18.5 Å². The van der Waals surface area contributed by atoms with E-state index in [1.807, 2.05) is 18.2 Å². The summed E-state index contributed by atoms with van der Waals surface area (Å²) in [6.45, 7) is 1.22. The fourth-order valence-electron chi connectivity index (χ4n) is 3.52. The van der Waals surface area contributed by atoms with E-state index in [-0.39, 0.29) is 5.76 Å². The van der Waals surface area contributed by atoms with Crippen molar-refractivity contribution in [3.63, 3.8) is 0 Å². The van der Waals surface area contributed by atoms with E-state index in [2.05, 4.69) is 20.2 Å². The van der Waals surface area contributed by atoms with Gasteiger partial charge in [0.1, 0.15) is 18.7 Å². The highest BCUT2D eigenvalue weighted by Crippen LogP contribution is 2.38. The number of fused-ring (bicyclic) bond motifs is 1. The minimum Gasteiger partial charge on any atom is -0.504 e. The lowest BCUT2D eigenvalue weighted by Gasteiger charge is -2.28. The molecule has 0 fully saturated rings. The van der Waals surface area contributed by atoms with Crippen molar-refractivity contribution in [2.24, 2.45) is 4.99 Å². The summed E-state index contributed by atoms with van der Waals surface area (Å²) >= 11 is 1.28. The van der Waals surface area contributed by atoms with E-state index >= 15 is 0 Å². The molecule has 0 bridgehead atoms. The number of nitrogens with zero attached hydrogens (tertiary/aromatic N) is 3. The standard InChI is InChI=1S/C18H14N4O4S/c23-13-8-26-7-10-3-4-22-15(10)11(13)6-19-16(22)9-1-2-12-14(5-9)27-17(20-12)21-18(24)25/h1-2,5-6,8,23H,3-4,7H2,(H,20,21)(H,24,25). The van der Waals surface area contributed by atoms with E-state index in [0.717, 1.165) is 45.9 Å². The fraction of sp³-hybridized carbons (Fsp3) is 0.167. The predicted molar refractivity (Wildman–Crippen MR) is 101 cm³/mol. The number of hydrogen-bond donors (Lipinski definition) is 3. The first-order valence-corrected chi connectivity index (χ1v) is 9.12. The number of thiazole rings is 1. The van der Waals surface area contributed by atoms with Crippen molar-refractivity contribution >= 4 is 38.6 Å². The molecule has 1 aromatic heterocycles. The van der Waals surface area contributed by atoms with Crippen LogP contribution in [-0.4, -0.2) is 45.2 Å². The van der Waals surface area contributed by atoms with Crippen molar-refractivity contribution in [3.8, 4) is 0 Å². The quantitative estimate of drug-likeness (QED) is 0.735. The first kappa shape index (κ1) is 15.9. The van der Waals surface area contributed by atoms with Crippen LogP contribution in [-0.2, 0) is 4.74 Å². The Labute approximate surface area is 157 Å². The average molecular weight is 382 g/mol. The van der Waals surface area contributed by atoms with Gasteiger partial charge >= 0.3 is 6.09 Å². The molecule has 3 aliphatic rings. The minimum absolute atomic E-state index is 0.0806. The van der Waals surface area contributed by atoms with Gasteiger partial charge in [0.25, 0.3) is 0 Å². The number of amidine groups is 1. The summed E-state index contributed by atoms with van der Waals surface area (Å²) < 4.78 is 6.28.